The van der Waals surface area contributed by atoms with Gasteiger partial charge >= 0.3 is 0 Å². The van der Waals surface area contributed by atoms with Crippen molar-refractivity contribution in [1.82, 2.24) is 14.8 Å². The molecular formula is C32H34FN3O2. The molecule has 6 heteroatoms. The van der Waals surface area contributed by atoms with Gasteiger partial charge in [-0.2, -0.15) is 0 Å². The van der Waals surface area contributed by atoms with Crippen molar-refractivity contribution in [2.45, 2.75) is 43.2 Å². The summed E-state index contributed by atoms with van der Waals surface area (Å²) in [4.78, 5) is 22.2. The van der Waals surface area contributed by atoms with E-state index in [1.54, 1.807) is 19.2 Å². The van der Waals surface area contributed by atoms with E-state index < -0.39 is 5.54 Å². The molecule has 4 aromatic rings. The Kier molecular flexibility index (Phi) is 6.03. The average molecular weight is 512 g/mol. The second kappa shape index (κ2) is 9.28. The molecule has 1 aliphatic heterocycles. The smallest absolute Gasteiger partial charge is 0.254 e. The molecule has 5 nitrogen and oxygen atoms in total. The van der Waals surface area contributed by atoms with E-state index in [1.165, 1.54) is 22.7 Å². The minimum atomic E-state index is -0.462. The molecule has 38 heavy (non-hydrogen) atoms. The van der Waals surface area contributed by atoms with Crippen molar-refractivity contribution in [1.29, 1.82) is 0 Å². The summed E-state index contributed by atoms with van der Waals surface area (Å²) < 4.78 is 19.7. The van der Waals surface area contributed by atoms with Crippen LogP contribution in [0.5, 0.6) is 5.75 Å². The third-order valence-corrected chi connectivity index (χ3v) is 9.09. The molecule has 1 aliphatic carbocycles. The van der Waals surface area contributed by atoms with Gasteiger partial charge in [0.1, 0.15) is 11.6 Å². The van der Waals surface area contributed by atoms with Gasteiger partial charge < -0.3 is 14.6 Å². The molecule has 196 valence electrons. The normalized spacial score (nSPS) is 23.1. The monoisotopic (exact) mass is 511 g/mol. The zero-order chi connectivity index (χ0) is 26.5. The number of H-pyrrole nitrogens is 1. The standard InChI is InChI=1S/C32H34FN3O2/c1-35(2)31(23-7-6-8-24(33)21-23)16-18-32(19-17-31)29-27(26-9-4-5-10-28(26)34-29)15-20-36(32)30(37)22-11-13-25(38-3)14-12-22/h4-14,21,34H,15-20H2,1-3H3. The summed E-state index contributed by atoms with van der Waals surface area (Å²) in [7, 11) is 5.79. The van der Waals surface area contributed by atoms with Crippen molar-refractivity contribution in [2.24, 2.45) is 0 Å². The third-order valence-electron chi connectivity index (χ3n) is 9.09. The van der Waals surface area contributed by atoms with Crippen LogP contribution < -0.4 is 4.74 Å². The number of carbonyl (C=O) groups is 1. The van der Waals surface area contributed by atoms with Crippen molar-refractivity contribution in [3.63, 3.8) is 0 Å². The summed E-state index contributed by atoms with van der Waals surface area (Å²) in [6.45, 7) is 0.661. The van der Waals surface area contributed by atoms with Crippen LogP contribution >= 0.6 is 0 Å². The van der Waals surface area contributed by atoms with Crippen molar-refractivity contribution in [2.75, 3.05) is 27.7 Å². The van der Waals surface area contributed by atoms with E-state index in [2.05, 4.69) is 53.1 Å². The van der Waals surface area contributed by atoms with Crippen LogP contribution in [0.1, 0.15) is 52.9 Å². The first kappa shape index (κ1) is 24.7. The molecule has 1 saturated carbocycles. The Morgan fingerprint density at radius 3 is 2.39 bits per heavy atom. The van der Waals surface area contributed by atoms with E-state index in [9.17, 15) is 9.18 Å². The fraction of sp³-hybridized carbons (Fsp3) is 0.344. The van der Waals surface area contributed by atoms with E-state index in [0.717, 1.165) is 48.9 Å². The molecule has 1 amide bonds. The molecule has 1 spiro atoms. The SMILES string of the molecule is COc1ccc(C(=O)N2CCc3c([nH]c4ccccc34)C23CCC(c2cccc(F)c2)(N(C)C)CC3)cc1. The zero-order valence-corrected chi connectivity index (χ0v) is 22.3. The molecule has 0 atom stereocenters. The van der Waals surface area contributed by atoms with Crippen molar-refractivity contribution in [3.8, 4) is 5.75 Å². The number of hydrogen-bond donors (Lipinski definition) is 1. The van der Waals surface area contributed by atoms with Crippen molar-refractivity contribution in [3.05, 3.63) is 101 Å². The van der Waals surface area contributed by atoms with Crippen LogP contribution in [0.3, 0.4) is 0 Å². The number of nitrogens with zero attached hydrogens (tertiary/aromatic N) is 2. The molecule has 1 fully saturated rings. The van der Waals surface area contributed by atoms with Gasteiger partial charge in [0.05, 0.1) is 12.6 Å². The molecule has 6 rings (SSSR count). The van der Waals surface area contributed by atoms with Gasteiger partial charge in [-0.1, -0.05) is 30.3 Å². The highest BCUT2D eigenvalue weighted by atomic mass is 19.1. The molecular weight excluding hydrogens is 477 g/mol. The highest BCUT2D eigenvalue weighted by Gasteiger charge is 2.53. The van der Waals surface area contributed by atoms with Gasteiger partial charge in [-0.3, -0.25) is 9.69 Å². The number of halogens is 1. The number of aromatic nitrogens is 1. The van der Waals surface area contributed by atoms with Crippen LogP contribution in [0.15, 0.2) is 72.8 Å². The fourth-order valence-corrected chi connectivity index (χ4v) is 6.98. The number of fused-ring (bicyclic) bond motifs is 4. The van der Waals surface area contributed by atoms with E-state index >= 15 is 0 Å². The Bertz CT molecular complexity index is 1480. The van der Waals surface area contributed by atoms with Crippen LogP contribution in [-0.2, 0) is 17.5 Å². The van der Waals surface area contributed by atoms with Gasteiger partial charge in [0.2, 0.25) is 0 Å². The maximum atomic E-state index is 14.3. The quantitative estimate of drug-likeness (QED) is 0.353. The number of benzene rings is 3. The van der Waals surface area contributed by atoms with Crippen LogP contribution in [-0.4, -0.2) is 48.4 Å². The lowest BCUT2D eigenvalue weighted by atomic mass is 9.65. The number of rotatable bonds is 4. The maximum Gasteiger partial charge on any atom is 0.254 e. The van der Waals surface area contributed by atoms with Crippen LogP contribution in [0, 0.1) is 5.82 Å². The van der Waals surface area contributed by atoms with E-state index in [4.69, 9.17) is 4.74 Å². The number of para-hydroxylation sites is 1. The van der Waals surface area contributed by atoms with E-state index in [0.29, 0.717) is 12.1 Å². The molecule has 0 radical (unpaired) electrons. The lowest BCUT2D eigenvalue weighted by Gasteiger charge is -2.55. The molecule has 1 N–H and O–H groups in total. The Morgan fingerprint density at radius 1 is 0.974 bits per heavy atom. The van der Waals surface area contributed by atoms with Gasteiger partial charge in [0.15, 0.2) is 0 Å². The summed E-state index contributed by atoms with van der Waals surface area (Å²) in [5.74, 6) is 0.562. The van der Waals surface area contributed by atoms with Crippen LogP contribution in [0.25, 0.3) is 10.9 Å². The van der Waals surface area contributed by atoms with Crippen molar-refractivity contribution < 1.29 is 13.9 Å². The van der Waals surface area contributed by atoms with Gasteiger partial charge in [-0.25, -0.2) is 4.39 Å². The highest BCUT2D eigenvalue weighted by molar-refractivity contribution is 5.96. The molecule has 2 heterocycles. The van der Waals surface area contributed by atoms with Gasteiger partial charge in [0, 0.05) is 34.2 Å². The largest absolute Gasteiger partial charge is 0.497 e. The topological polar surface area (TPSA) is 48.6 Å². The van der Waals surface area contributed by atoms with Gasteiger partial charge in [-0.15, -0.1) is 0 Å². The first-order valence-corrected chi connectivity index (χ1v) is 13.4. The number of nitrogens with one attached hydrogen (secondary N) is 1. The number of aromatic amines is 1. The Morgan fingerprint density at radius 2 is 1.71 bits per heavy atom. The number of ether oxygens (including phenoxy) is 1. The summed E-state index contributed by atoms with van der Waals surface area (Å²) in [5, 5.41) is 1.24. The van der Waals surface area contributed by atoms with E-state index in [1.807, 2.05) is 30.3 Å². The lowest BCUT2D eigenvalue weighted by molar-refractivity contribution is -0.0142. The molecule has 0 bridgehead atoms. The summed E-state index contributed by atoms with van der Waals surface area (Å²) in [5.41, 5.74) is 4.51. The first-order valence-electron chi connectivity index (χ1n) is 13.4. The predicted octanol–water partition coefficient (Wildman–Crippen LogP) is 6.24. The highest BCUT2D eigenvalue weighted by Crippen LogP contribution is 2.54. The lowest BCUT2D eigenvalue weighted by Crippen LogP contribution is -2.58. The number of hydrogen-bond acceptors (Lipinski definition) is 3. The molecule has 1 aromatic heterocycles. The van der Waals surface area contributed by atoms with E-state index in [-0.39, 0.29) is 17.3 Å². The summed E-state index contributed by atoms with van der Waals surface area (Å²) in [6, 6.07) is 22.9. The first-order chi connectivity index (χ1) is 18.4. The molecule has 2 aliphatic rings. The predicted molar refractivity (Wildman–Crippen MR) is 148 cm³/mol. The van der Waals surface area contributed by atoms with Crippen LogP contribution in [0.4, 0.5) is 4.39 Å². The second-order valence-electron chi connectivity index (χ2n) is 10.9. The van der Waals surface area contributed by atoms with Crippen molar-refractivity contribution >= 4 is 16.8 Å². The minimum absolute atomic E-state index is 0.0417. The molecule has 3 aromatic carbocycles. The number of carbonyl (C=O) groups excluding carboxylic acids is 1. The Hall–Kier alpha value is -3.64. The number of methoxy groups -OCH3 is 1. The average Bonchev–Trinajstić information content (AvgIpc) is 3.33. The summed E-state index contributed by atoms with van der Waals surface area (Å²) in [6.07, 6.45) is 3.99. The summed E-state index contributed by atoms with van der Waals surface area (Å²) >= 11 is 0. The second-order valence-corrected chi connectivity index (χ2v) is 10.9. The zero-order valence-electron chi connectivity index (χ0n) is 22.3. The third kappa shape index (κ3) is 3.73. The number of amides is 1. The van der Waals surface area contributed by atoms with Gasteiger partial charge in [-0.05, 0) is 99.8 Å². The van der Waals surface area contributed by atoms with Gasteiger partial charge in [0.25, 0.3) is 5.91 Å². The fourth-order valence-electron chi connectivity index (χ4n) is 6.98. The molecule has 0 saturated heterocycles. The Balaban J connectivity index is 1.45. The Labute approximate surface area is 223 Å². The minimum Gasteiger partial charge on any atom is -0.497 e. The maximum absolute atomic E-state index is 14.3. The van der Waals surface area contributed by atoms with Crippen LogP contribution in [0.2, 0.25) is 0 Å². The molecule has 0 unspecified atom stereocenters.